The van der Waals surface area contributed by atoms with E-state index >= 15 is 0 Å². The fourth-order valence-corrected chi connectivity index (χ4v) is 1.17. The van der Waals surface area contributed by atoms with Gasteiger partial charge in [0.25, 0.3) is 0 Å². The van der Waals surface area contributed by atoms with Gasteiger partial charge in [-0.1, -0.05) is 12.1 Å². The van der Waals surface area contributed by atoms with Gasteiger partial charge in [-0.15, -0.1) is 0 Å². The molecule has 1 amide bonds. The fraction of sp³-hybridized carbons (Fsp3) is 0.200. The SMILES string of the molecule is NC(=O)CC(C=O)c1ccc(F)cc1. The van der Waals surface area contributed by atoms with Gasteiger partial charge in [0.15, 0.2) is 0 Å². The first kappa shape index (κ1) is 10.4. The first-order chi connectivity index (χ1) is 6.63. The maximum atomic E-state index is 12.5. The lowest BCUT2D eigenvalue weighted by molar-refractivity contribution is -0.120. The molecule has 0 heterocycles. The van der Waals surface area contributed by atoms with Gasteiger partial charge in [-0.3, -0.25) is 4.79 Å². The molecule has 0 fully saturated rings. The zero-order valence-corrected chi connectivity index (χ0v) is 7.44. The predicted molar refractivity (Wildman–Crippen MR) is 49.0 cm³/mol. The minimum Gasteiger partial charge on any atom is -0.370 e. The van der Waals surface area contributed by atoms with E-state index in [4.69, 9.17) is 5.73 Å². The lowest BCUT2D eigenvalue weighted by atomic mass is 9.97. The van der Waals surface area contributed by atoms with Crippen LogP contribution < -0.4 is 5.73 Å². The van der Waals surface area contributed by atoms with Crippen LogP contribution in [-0.4, -0.2) is 12.2 Å². The van der Waals surface area contributed by atoms with Gasteiger partial charge in [0, 0.05) is 12.3 Å². The van der Waals surface area contributed by atoms with E-state index in [2.05, 4.69) is 0 Å². The number of nitrogens with two attached hydrogens (primary N) is 1. The third kappa shape index (κ3) is 2.65. The maximum absolute atomic E-state index is 12.5. The van der Waals surface area contributed by atoms with E-state index in [-0.39, 0.29) is 12.2 Å². The molecule has 1 rings (SSSR count). The van der Waals surface area contributed by atoms with Crippen molar-refractivity contribution in [2.75, 3.05) is 0 Å². The predicted octanol–water partition coefficient (Wildman–Crippen LogP) is 0.984. The lowest BCUT2D eigenvalue weighted by Gasteiger charge is -2.07. The Labute approximate surface area is 80.7 Å². The normalized spacial score (nSPS) is 12.1. The second-order valence-electron chi connectivity index (χ2n) is 2.96. The molecule has 0 spiro atoms. The van der Waals surface area contributed by atoms with Crippen LogP contribution in [0.2, 0.25) is 0 Å². The Hall–Kier alpha value is -1.71. The van der Waals surface area contributed by atoms with E-state index in [0.29, 0.717) is 11.8 Å². The van der Waals surface area contributed by atoms with Crippen LogP contribution in [0.1, 0.15) is 17.9 Å². The average Bonchev–Trinajstić information content (AvgIpc) is 2.15. The zero-order valence-electron chi connectivity index (χ0n) is 7.44. The fourth-order valence-electron chi connectivity index (χ4n) is 1.17. The minimum absolute atomic E-state index is 0.0465. The van der Waals surface area contributed by atoms with E-state index in [1.165, 1.54) is 24.3 Å². The Bertz CT molecular complexity index is 334. The molecule has 1 aromatic rings. The highest BCUT2D eigenvalue weighted by Crippen LogP contribution is 2.17. The molecule has 0 aliphatic carbocycles. The van der Waals surface area contributed by atoms with Gasteiger partial charge in [0.1, 0.15) is 12.1 Å². The Morgan fingerprint density at radius 3 is 2.43 bits per heavy atom. The van der Waals surface area contributed by atoms with Crippen molar-refractivity contribution in [1.29, 1.82) is 0 Å². The minimum atomic E-state index is -0.576. The van der Waals surface area contributed by atoms with Crippen molar-refractivity contribution in [3.63, 3.8) is 0 Å². The van der Waals surface area contributed by atoms with Crippen LogP contribution in [0.25, 0.3) is 0 Å². The first-order valence-electron chi connectivity index (χ1n) is 4.12. The average molecular weight is 195 g/mol. The standard InChI is InChI=1S/C10H10FNO2/c11-9-3-1-7(2-4-9)8(6-13)5-10(12)14/h1-4,6,8H,5H2,(H2,12,14). The third-order valence-corrected chi connectivity index (χ3v) is 1.88. The summed E-state index contributed by atoms with van der Waals surface area (Å²) in [5, 5.41) is 0. The topological polar surface area (TPSA) is 60.2 Å². The van der Waals surface area contributed by atoms with Crippen LogP contribution in [0.3, 0.4) is 0 Å². The number of primary amides is 1. The molecule has 2 N–H and O–H groups in total. The van der Waals surface area contributed by atoms with Gasteiger partial charge in [-0.25, -0.2) is 4.39 Å². The molecule has 4 heteroatoms. The molecule has 0 aromatic heterocycles. The molecule has 0 saturated carbocycles. The Balaban J connectivity index is 2.84. The number of amides is 1. The van der Waals surface area contributed by atoms with E-state index in [9.17, 15) is 14.0 Å². The number of hydrogen-bond acceptors (Lipinski definition) is 2. The van der Waals surface area contributed by atoms with Crippen molar-refractivity contribution in [2.45, 2.75) is 12.3 Å². The van der Waals surface area contributed by atoms with Crippen molar-refractivity contribution in [3.8, 4) is 0 Å². The van der Waals surface area contributed by atoms with E-state index in [1.54, 1.807) is 0 Å². The quantitative estimate of drug-likeness (QED) is 0.728. The van der Waals surface area contributed by atoms with Crippen molar-refractivity contribution < 1.29 is 14.0 Å². The monoisotopic (exact) mass is 195 g/mol. The molecule has 1 atom stereocenters. The van der Waals surface area contributed by atoms with Crippen molar-refractivity contribution in [1.82, 2.24) is 0 Å². The summed E-state index contributed by atoms with van der Waals surface area (Å²) < 4.78 is 12.5. The maximum Gasteiger partial charge on any atom is 0.218 e. The van der Waals surface area contributed by atoms with E-state index < -0.39 is 11.8 Å². The molecular weight excluding hydrogens is 185 g/mol. The molecule has 1 unspecified atom stereocenters. The summed E-state index contributed by atoms with van der Waals surface area (Å²) in [5.74, 6) is -1.50. The van der Waals surface area contributed by atoms with Crippen LogP contribution in [0, 0.1) is 5.82 Å². The molecule has 74 valence electrons. The summed E-state index contributed by atoms with van der Waals surface area (Å²) in [7, 11) is 0. The van der Waals surface area contributed by atoms with Gasteiger partial charge < -0.3 is 10.5 Å². The smallest absolute Gasteiger partial charge is 0.218 e. The molecule has 0 bridgehead atoms. The van der Waals surface area contributed by atoms with Gasteiger partial charge >= 0.3 is 0 Å². The number of carbonyl (C=O) groups is 2. The largest absolute Gasteiger partial charge is 0.370 e. The highest BCUT2D eigenvalue weighted by molar-refractivity contribution is 5.79. The van der Waals surface area contributed by atoms with Crippen molar-refractivity contribution in [2.24, 2.45) is 5.73 Å². The van der Waals surface area contributed by atoms with Gasteiger partial charge in [0.05, 0.1) is 0 Å². The number of hydrogen-bond donors (Lipinski definition) is 1. The van der Waals surface area contributed by atoms with Crippen LogP contribution in [0.5, 0.6) is 0 Å². The summed E-state index contributed by atoms with van der Waals surface area (Å²) in [5.41, 5.74) is 5.56. The second kappa shape index (κ2) is 4.50. The summed E-state index contributed by atoms with van der Waals surface area (Å²) in [6.07, 6.45) is 0.590. The number of rotatable bonds is 4. The van der Waals surface area contributed by atoms with E-state index in [1.807, 2.05) is 0 Å². The van der Waals surface area contributed by atoms with Crippen LogP contribution in [-0.2, 0) is 9.59 Å². The van der Waals surface area contributed by atoms with Gasteiger partial charge in [-0.05, 0) is 17.7 Å². The number of benzene rings is 1. The molecule has 0 saturated heterocycles. The van der Waals surface area contributed by atoms with Crippen LogP contribution in [0.15, 0.2) is 24.3 Å². The summed E-state index contributed by atoms with van der Waals surface area (Å²) >= 11 is 0. The molecule has 14 heavy (non-hydrogen) atoms. The first-order valence-corrected chi connectivity index (χ1v) is 4.12. The Morgan fingerprint density at radius 1 is 1.43 bits per heavy atom. The van der Waals surface area contributed by atoms with Crippen molar-refractivity contribution in [3.05, 3.63) is 35.6 Å². The second-order valence-corrected chi connectivity index (χ2v) is 2.96. The number of carbonyl (C=O) groups excluding carboxylic acids is 2. The molecule has 0 radical (unpaired) electrons. The van der Waals surface area contributed by atoms with Gasteiger partial charge in [0.2, 0.25) is 5.91 Å². The summed E-state index contributed by atoms with van der Waals surface area (Å²) in [4.78, 5) is 21.2. The summed E-state index contributed by atoms with van der Waals surface area (Å²) in [6.45, 7) is 0. The number of aldehydes is 1. The molecular formula is C10H10FNO2. The zero-order chi connectivity index (χ0) is 10.6. The molecule has 0 aliphatic rings. The lowest BCUT2D eigenvalue weighted by Crippen LogP contribution is -2.16. The van der Waals surface area contributed by atoms with Gasteiger partial charge in [-0.2, -0.15) is 0 Å². The molecule has 3 nitrogen and oxygen atoms in total. The van der Waals surface area contributed by atoms with Crippen molar-refractivity contribution >= 4 is 12.2 Å². The summed E-state index contributed by atoms with van der Waals surface area (Å²) in [6, 6.07) is 5.42. The number of halogens is 1. The molecule has 0 aliphatic heterocycles. The highest BCUT2D eigenvalue weighted by Gasteiger charge is 2.12. The third-order valence-electron chi connectivity index (χ3n) is 1.88. The van der Waals surface area contributed by atoms with Crippen LogP contribution in [0.4, 0.5) is 4.39 Å². The van der Waals surface area contributed by atoms with Crippen LogP contribution >= 0.6 is 0 Å². The molecule has 1 aromatic carbocycles. The Morgan fingerprint density at radius 2 is 2.00 bits per heavy atom. The van der Waals surface area contributed by atoms with E-state index in [0.717, 1.165) is 0 Å². The Kier molecular flexibility index (Phi) is 3.34. The highest BCUT2D eigenvalue weighted by atomic mass is 19.1.